The summed E-state index contributed by atoms with van der Waals surface area (Å²) in [6, 6.07) is 3.99. The summed E-state index contributed by atoms with van der Waals surface area (Å²) in [7, 11) is 0. The Kier molecular flexibility index (Phi) is 3.19. The van der Waals surface area contributed by atoms with Gasteiger partial charge >= 0.3 is 0 Å². The van der Waals surface area contributed by atoms with Crippen LogP contribution < -0.4 is 0 Å². The third-order valence-corrected chi connectivity index (χ3v) is 2.80. The lowest BCUT2D eigenvalue weighted by molar-refractivity contribution is 0.0704. The fraction of sp³-hybridized carbons (Fsp3) is 0.417. The van der Waals surface area contributed by atoms with Crippen molar-refractivity contribution in [2.75, 3.05) is 13.2 Å². The molecule has 17 heavy (non-hydrogen) atoms. The standard InChI is InChI=1S/C12H15NO4/c14-6-5-13(8-1-2-8)12(17)10-7-9(15)3-4-11(10)16/h3-4,7-8,14-16H,1-2,5-6H2. The molecule has 1 aliphatic carbocycles. The van der Waals surface area contributed by atoms with Crippen molar-refractivity contribution in [1.82, 2.24) is 4.90 Å². The summed E-state index contributed by atoms with van der Waals surface area (Å²) in [4.78, 5) is 13.7. The van der Waals surface area contributed by atoms with Crippen molar-refractivity contribution in [3.05, 3.63) is 23.8 Å². The minimum Gasteiger partial charge on any atom is -0.508 e. The SMILES string of the molecule is O=C(c1cc(O)ccc1O)N(CCO)C1CC1. The second kappa shape index (κ2) is 4.63. The Morgan fingerprint density at radius 3 is 2.65 bits per heavy atom. The van der Waals surface area contributed by atoms with Gasteiger partial charge in [0.2, 0.25) is 0 Å². The van der Waals surface area contributed by atoms with Crippen LogP contribution in [0.15, 0.2) is 18.2 Å². The second-order valence-corrected chi connectivity index (χ2v) is 4.15. The molecule has 5 nitrogen and oxygen atoms in total. The maximum absolute atomic E-state index is 12.1. The lowest BCUT2D eigenvalue weighted by atomic mass is 10.1. The first-order valence-electron chi connectivity index (χ1n) is 5.57. The fourth-order valence-electron chi connectivity index (χ4n) is 1.79. The van der Waals surface area contributed by atoms with E-state index in [2.05, 4.69) is 0 Å². The molecule has 0 aliphatic heterocycles. The molecule has 0 bridgehead atoms. The van der Waals surface area contributed by atoms with Crippen molar-refractivity contribution in [2.45, 2.75) is 18.9 Å². The van der Waals surface area contributed by atoms with Crippen LogP contribution in [0.3, 0.4) is 0 Å². The number of benzene rings is 1. The Bertz CT molecular complexity index is 429. The second-order valence-electron chi connectivity index (χ2n) is 4.15. The van der Waals surface area contributed by atoms with Crippen LogP contribution in [0.2, 0.25) is 0 Å². The molecule has 0 unspecified atom stereocenters. The number of aliphatic hydroxyl groups is 1. The van der Waals surface area contributed by atoms with Gasteiger partial charge in [0, 0.05) is 12.6 Å². The zero-order chi connectivity index (χ0) is 12.4. The maximum atomic E-state index is 12.1. The molecule has 1 aromatic rings. The van der Waals surface area contributed by atoms with E-state index in [-0.39, 0.29) is 42.2 Å². The average Bonchev–Trinajstić information content (AvgIpc) is 3.12. The Labute approximate surface area is 98.9 Å². The van der Waals surface area contributed by atoms with Gasteiger partial charge in [-0.1, -0.05) is 0 Å². The molecule has 1 aromatic carbocycles. The normalized spacial score (nSPS) is 14.6. The number of carbonyl (C=O) groups is 1. The van der Waals surface area contributed by atoms with Gasteiger partial charge in [-0.25, -0.2) is 0 Å². The molecule has 0 spiro atoms. The number of nitrogens with zero attached hydrogens (tertiary/aromatic N) is 1. The van der Waals surface area contributed by atoms with E-state index in [0.29, 0.717) is 0 Å². The minimum absolute atomic E-state index is 0.0640. The van der Waals surface area contributed by atoms with Crippen LogP contribution in [0.5, 0.6) is 11.5 Å². The Morgan fingerprint density at radius 1 is 1.35 bits per heavy atom. The van der Waals surface area contributed by atoms with Crippen molar-refractivity contribution in [3.8, 4) is 11.5 Å². The first-order valence-corrected chi connectivity index (χ1v) is 5.57. The molecule has 0 atom stereocenters. The molecular formula is C12H15NO4. The molecular weight excluding hydrogens is 222 g/mol. The molecule has 0 saturated heterocycles. The summed E-state index contributed by atoms with van der Waals surface area (Å²) >= 11 is 0. The van der Waals surface area contributed by atoms with E-state index >= 15 is 0 Å². The molecule has 3 N–H and O–H groups in total. The largest absolute Gasteiger partial charge is 0.508 e. The molecule has 1 amide bonds. The van der Waals surface area contributed by atoms with Crippen LogP contribution in [-0.2, 0) is 0 Å². The van der Waals surface area contributed by atoms with E-state index in [1.54, 1.807) is 0 Å². The number of hydrogen-bond donors (Lipinski definition) is 3. The Hall–Kier alpha value is -1.75. The topological polar surface area (TPSA) is 81.0 Å². The van der Waals surface area contributed by atoms with Gasteiger partial charge in [0.25, 0.3) is 5.91 Å². The van der Waals surface area contributed by atoms with Gasteiger partial charge in [-0.3, -0.25) is 4.79 Å². The van der Waals surface area contributed by atoms with Crippen molar-refractivity contribution < 1.29 is 20.1 Å². The number of rotatable bonds is 4. The van der Waals surface area contributed by atoms with Gasteiger partial charge in [-0.2, -0.15) is 0 Å². The van der Waals surface area contributed by atoms with E-state index in [9.17, 15) is 15.0 Å². The van der Waals surface area contributed by atoms with E-state index in [4.69, 9.17) is 5.11 Å². The predicted molar refractivity (Wildman–Crippen MR) is 60.9 cm³/mol. The number of aliphatic hydroxyl groups excluding tert-OH is 1. The summed E-state index contributed by atoms with van der Waals surface area (Å²) in [5, 5.41) is 27.9. The number of hydrogen-bond acceptors (Lipinski definition) is 4. The summed E-state index contributed by atoms with van der Waals surface area (Å²) in [5.41, 5.74) is 0.0744. The lowest BCUT2D eigenvalue weighted by Gasteiger charge is -2.21. The van der Waals surface area contributed by atoms with Gasteiger partial charge in [0.1, 0.15) is 11.5 Å². The zero-order valence-electron chi connectivity index (χ0n) is 9.33. The average molecular weight is 237 g/mol. The molecule has 0 aromatic heterocycles. The third kappa shape index (κ3) is 2.50. The Morgan fingerprint density at radius 2 is 2.06 bits per heavy atom. The molecule has 1 aliphatic rings. The first kappa shape index (κ1) is 11.7. The van der Waals surface area contributed by atoms with Gasteiger partial charge in [0.05, 0.1) is 12.2 Å². The summed E-state index contributed by atoms with van der Waals surface area (Å²) in [5.74, 6) is -0.572. The summed E-state index contributed by atoms with van der Waals surface area (Å²) < 4.78 is 0. The van der Waals surface area contributed by atoms with E-state index in [0.717, 1.165) is 12.8 Å². The van der Waals surface area contributed by atoms with E-state index in [1.807, 2.05) is 0 Å². The fourth-order valence-corrected chi connectivity index (χ4v) is 1.79. The minimum atomic E-state index is -0.352. The molecule has 1 saturated carbocycles. The molecule has 1 fully saturated rings. The summed E-state index contributed by atoms with van der Waals surface area (Å²) in [6.07, 6.45) is 1.84. The zero-order valence-corrected chi connectivity index (χ0v) is 9.33. The molecule has 0 radical (unpaired) electrons. The Balaban J connectivity index is 2.24. The lowest BCUT2D eigenvalue weighted by Crippen LogP contribution is -2.35. The number of phenolic OH excluding ortho intramolecular Hbond substituents is 2. The van der Waals surface area contributed by atoms with E-state index in [1.165, 1.54) is 23.1 Å². The molecule has 92 valence electrons. The van der Waals surface area contributed by atoms with Gasteiger partial charge < -0.3 is 20.2 Å². The van der Waals surface area contributed by atoms with Crippen LogP contribution in [0, 0.1) is 0 Å². The van der Waals surface area contributed by atoms with Gasteiger partial charge in [-0.05, 0) is 31.0 Å². The highest BCUT2D eigenvalue weighted by molar-refractivity contribution is 5.97. The number of amides is 1. The van der Waals surface area contributed by atoms with Gasteiger partial charge in [-0.15, -0.1) is 0 Å². The van der Waals surface area contributed by atoms with Crippen molar-refractivity contribution >= 4 is 5.91 Å². The molecule has 2 rings (SSSR count). The number of phenols is 2. The highest BCUT2D eigenvalue weighted by Gasteiger charge is 2.33. The number of aromatic hydroxyl groups is 2. The monoisotopic (exact) mass is 237 g/mol. The molecule has 0 heterocycles. The third-order valence-electron chi connectivity index (χ3n) is 2.80. The van der Waals surface area contributed by atoms with Crippen LogP contribution in [0.1, 0.15) is 23.2 Å². The highest BCUT2D eigenvalue weighted by atomic mass is 16.3. The number of carbonyl (C=O) groups excluding carboxylic acids is 1. The van der Waals surface area contributed by atoms with Crippen LogP contribution in [0.4, 0.5) is 0 Å². The van der Waals surface area contributed by atoms with Crippen molar-refractivity contribution in [3.63, 3.8) is 0 Å². The van der Waals surface area contributed by atoms with Gasteiger partial charge in [0.15, 0.2) is 0 Å². The predicted octanol–water partition coefficient (Wildman–Crippen LogP) is 0.695. The molecule has 5 heteroatoms. The van der Waals surface area contributed by atoms with Crippen LogP contribution >= 0.6 is 0 Å². The quantitative estimate of drug-likeness (QED) is 0.673. The van der Waals surface area contributed by atoms with Crippen LogP contribution in [0.25, 0.3) is 0 Å². The maximum Gasteiger partial charge on any atom is 0.258 e. The van der Waals surface area contributed by atoms with Crippen molar-refractivity contribution in [2.24, 2.45) is 0 Å². The van der Waals surface area contributed by atoms with Crippen molar-refractivity contribution in [1.29, 1.82) is 0 Å². The van der Waals surface area contributed by atoms with Crippen LogP contribution in [-0.4, -0.2) is 45.3 Å². The summed E-state index contributed by atoms with van der Waals surface area (Å²) in [6.45, 7) is 0.139. The first-order chi connectivity index (χ1) is 8.13. The smallest absolute Gasteiger partial charge is 0.258 e. The van der Waals surface area contributed by atoms with E-state index < -0.39 is 0 Å². The highest BCUT2D eigenvalue weighted by Crippen LogP contribution is 2.30.